The van der Waals surface area contributed by atoms with E-state index in [0.29, 0.717) is 0 Å². The standard InChI is InChI=1S/C6H12F2OS/c1-4(9)5(2)10-3-6(7)8/h4-6,9H,3H2,1-2H3. The molecule has 10 heavy (non-hydrogen) atoms. The number of hydrogen-bond donors (Lipinski definition) is 1. The van der Waals surface area contributed by atoms with E-state index in [-0.39, 0.29) is 11.0 Å². The Morgan fingerprint density at radius 1 is 1.40 bits per heavy atom. The Balaban J connectivity index is 3.30. The van der Waals surface area contributed by atoms with E-state index >= 15 is 0 Å². The first kappa shape index (κ1) is 10.2. The third-order valence-corrected chi connectivity index (χ3v) is 2.53. The number of thioether (sulfide) groups is 1. The smallest absolute Gasteiger partial charge is 0.247 e. The van der Waals surface area contributed by atoms with E-state index in [4.69, 9.17) is 5.11 Å². The number of hydrogen-bond acceptors (Lipinski definition) is 2. The van der Waals surface area contributed by atoms with Gasteiger partial charge >= 0.3 is 0 Å². The number of halogens is 2. The van der Waals surface area contributed by atoms with Gasteiger partial charge in [-0.3, -0.25) is 0 Å². The minimum absolute atomic E-state index is 0.103. The molecule has 0 radical (unpaired) electrons. The highest BCUT2D eigenvalue weighted by atomic mass is 32.2. The van der Waals surface area contributed by atoms with E-state index < -0.39 is 12.5 Å². The summed E-state index contributed by atoms with van der Waals surface area (Å²) in [6.07, 6.45) is -2.78. The highest BCUT2D eigenvalue weighted by Gasteiger charge is 2.11. The zero-order chi connectivity index (χ0) is 8.15. The van der Waals surface area contributed by atoms with E-state index in [2.05, 4.69) is 0 Å². The first-order chi connectivity index (χ1) is 4.54. The quantitative estimate of drug-likeness (QED) is 0.693. The molecule has 2 unspecified atom stereocenters. The van der Waals surface area contributed by atoms with Gasteiger partial charge in [-0.05, 0) is 6.92 Å². The Morgan fingerprint density at radius 2 is 1.90 bits per heavy atom. The van der Waals surface area contributed by atoms with Gasteiger partial charge in [0.05, 0.1) is 11.9 Å². The summed E-state index contributed by atoms with van der Waals surface area (Å²) >= 11 is 1.09. The maximum Gasteiger partial charge on any atom is 0.247 e. The minimum atomic E-state index is -2.27. The lowest BCUT2D eigenvalue weighted by atomic mass is 10.3. The third kappa shape index (κ3) is 4.99. The normalized spacial score (nSPS) is 17.4. The molecule has 0 saturated heterocycles. The molecule has 1 N–H and O–H groups in total. The maximum absolute atomic E-state index is 11.6. The fourth-order valence-electron chi connectivity index (χ4n) is 0.364. The molecule has 0 fully saturated rings. The van der Waals surface area contributed by atoms with E-state index in [0.717, 1.165) is 11.8 Å². The zero-order valence-electron chi connectivity index (χ0n) is 6.05. The minimum Gasteiger partial charge on any atom is -0.392 e. The van der Waals surface area contributed by atoms with Crippen LogP contribution in [0, 0.1) is 0 Å². The van der Waals surface area contributed by atoms with E-state index in [1.807, 2.05) is 0 Å². The molecule has 0 heterocycles. The lowest BCUT2D eigenvalue weighted by molar-refractivity contribution is 0.174. The molecule has 0 spiro atoms. The largest absolute Gasteiger partial charge is 0.392 e. The van der Waals surface area contributed by atoms with E-state index in [1.54, 1.807) is 13.8 Å². The molecule has 4 heteroatoms. The predicted molar refractivity (Wildman–Crippen MR) is 39.6 cm³/mol. The van der Waals surface area contributed by atoms with Crippen molar-refractivity contribution >= 4 is 11.8 Å². The summed E-state index contributed by atoms with van der Waals surface area (Å²) in [5, 5.41) is 8.77. The van der Waals surface area contributed by atoms with Gasteiger partial charge in [-0.25, -0.2) is 8.78 Å². The van der Waals surface area contributed by atoms with Crippen molar-refractivity contribution in [2.24, 2.45) is 0 Å². The summed E-state index contributed by atoms with van der Waals surface area (Å²) in [7, 11) is 0. The van der Waals surface area contributed by atoms with Crippen LogP contribution in [0.5, 0.6) is 0 Å². The second kappa shape index (κ2) is 4.91. The van der Waals surface area contributed by atoms with Gasteiger partial charge in [0.25, 0.3) is 0 Å². The van der Waals surface area contributed by atoms with Crippen LogP contribution >= 0.6 is 11.8 Å². The summed E-state index contributed by atoms with van der Waals surface area (Å²) < 4.78 is 23.1. The van der Waals surface area contributed by atoms with Gasteiger partial charge in [-0.2, -0.15) is 11.8 Å². The Kier molecular flexibility index (Phi) is 4.99. The van der Waals surface area contributed by atoms with Crippen molar-refractivity contribution in [3.63, 3.8) is 0 Å². The van der Waals surface area contributed by atoms with Crippen molar-refractivity contribution in [1.82, 2.24) is 0 Å². The first-order valence-corrected chi connectivity index (χ1v) is 4.16. The molecular formula is C6H12F2OS. The summed E-state index contributed by atoms with van der Waals surface area (Å²) in [5.41, 5.74) is 0. The van der Waals surface area contributed by atoms with Gasteiger partial charge in [-0.15, -0.1) is 0 Å². The average molecular weight is 170 g/mol. The number of alkyl halides is 2. The van der Waals surface area contributed by atoms with Crippen molar-refractivity contribution < 1.29 is 13.9 Å². The van der Waals surface area contributed by atoms with Gasteiger partial charge in [0.2, 0.25) is 6.43 Å². The van der Waals surface area contributed by atoms with Crippen molar-refractivity contribution in [3.05, 3.63) is 0 Å². The highest BCUT2D eigenvalue weighted by molar-refractivity contribution is 7.99. The van der Waals surface area contributed by atoms with Crippen LogP contribution in [0.15, 0.2) is 0 Å². The van der Waals surface area contributed by atoms with Crippen LogP contribution in [0.3, 0.4) is 0 Å². The van der Waals surface area contributed by atoms with Gasteiger partial charge in [0.15, 0.2) is 0 Å². The van der Waals surface area contributed by atoms with Gasteiger partial charge in [0.1, 0.15) is 0 Å². The van der Waals surface area contributed by atoms with Crippen molar-refractivity contribution in [3.8, 4) is 0 Å². The third-order valence-electron chi connectivity index (χ3n) is 1.16. The SMILES string of the molecule is CC(O)C(C)SCC(F)F. The average Bonchev–Trinajstić information content (AvgIpc) is 1.82. The number of rotatable bonds is 4. The van der Waals surface area contributed by atoms with Crippen molar-refractivity contribution in [1.29, 1.82) is 0 Å². The van der Waals surface area contributed by atoms with Crippen LogP contribution in [0.25, 0.3) is 0 Å². The Hall–Kier alpha value is 0.170. The molecule has 0 aromatic rings. The topological polar surface area (TPSA) is 20.2 Å². The van der Waals surface area contributed by atoms with Crippen LogP contribution in [0.1, 0.15) is 13.8 Å². The highest BCUT2D eigenvalue weighted by Crippen LogP contribution is 2.16. The molecule has 0 aromatic heterocycles. The van der Waals surface area contributed by atoms with Crippen LogP contribution in [-0.2, 0) is 0 Å². The summed E-state index contributed by atoms with van der Waals surface area (Å²) in [6.45, 7) is 3.33. The van der Waals surface area contributed by atoms with Crippen LogP contribution in [-0.4, -0.2) is 28.6 Å². The molecule has 0 aromatic carbocycles. The Labute approximate surface area is 63.8 Å². The molecule has 0 aliphatic carbocycles. The van der Waals surface area contributed by atoms with Crippen LogP contribution in [0.2, 0.25) is 0 Å². The number of aliphatic hydroxyl groups excluding tert-OH is 1. The monoisotopic (exact) mass is 170 g/mol. The maximum atomic E-state index is 11.6. The second-order valence-electron chi connectivity index (χ2n) is 2.17. The van der Waals surface area contributed by atoms with Crippen molar-refractivity contribution in [2.45, 2.75) is 31.6 Å². The molecule has 2 atom stereocenters. The summed E-state index contributed by atoms with van der Waals surface area (Å²) in [4.78, 5) is 0. The number of aliphatic hydroxyl groups is 1. The molecule has 0 rings (SSSR count). The van der Waals surface area contributed by atoms with Crippen LogP contribution < -0.4 is 0 Å². The molecule has 62 valence electrons. The van der Waals surface area contributed by atoms with Gasteiger partial charge < -0.3 is 5.11 Å². The molecule has 0 aliphatic heterocycles. The van der Waals surface area contributed by atoms with Crippen molar-refractivity contribution in [2.75, 3.05) is 5.75 Å². The lowest BCUT2D eigenvalue weighted by Gasteiger charge is -2.12. The molecule has 0 saturated carbocycles. The zero-order valence-corrected chi connectivity index (χ0v) is 6.87. The summed E-state index contributed by atoms with van der Waals surface area (Å²) in [5.74, 6) is -0.188. The first-order valence-electron chi connectivity index (χ1n) is 3.12. The lowest BCUT2D eigenvalue weighted by Crippen LogP contribution is -2.16. The van der Waals surface area contributed by atoms with E-state index in [1.165, 1.54) is 0 Å². The predicted octanol–water partition coefficient (Wildman–Crippen LogP) is 1.75. The Morgan fingerprint density at radius 3 is 2.20 bits per heavy atom. The molecule has 1 nitrogen and oxygen atoms in total. The fourth-order valence-corrected chi connectivity index (χ4v) is 1.09. The Bertz CT molecular complexity index is 87.8. The van der Waals surface area contributed by atoms with Crippen LogP contribution in [0.4, 0.5) is 8.78 Å². The van der Waals surface area contributed by atoms with Gasteiger partial charge in [0, 0.05) is 5.25 Å². The summed E-state index contributed by atoms with van der Waals surface area (Å²) in [6, 6.07) is 0. The molecule has 0 bridgehead atoms. The fraction of sp³-hybridized carbons (Fsp3) is 1.00. The van der Waals surface area contributed by atoms with Gasteiger partial charge in [-0.1, -0.05) is 6.92 Å². The molecule has 0 amide bonds. The molecule has 0 aliphatic rings. The second-order valence-corrected chi connectivity index (χ2v) is 3.58. The van der Waals surface area contributed by atoms with E-state index in [9.17, 15) is 8.78 Å². The molecular weight excluding hydrogens is 158 g/mol.